The van der Waals surface area contributed by atoms with E-state index in [0.717, 1.165) is 0 Å². The molecule has 0 amide bonds. The fourth-order valence-electron chi connectivity index (χ4n) is 2.09. The maximum atomic E-state index is 12.4. The summed E-state index contributed by atoms with van der Waals surface area (Å²) >= 11 is 0. The number of nitrogens with zero attached hydrogens (tertiary/aromatic N) is 2. The minimum atomic E-state index is -3.63. The Labute approximate surface area is 124 Å². The van der Waals surface area contributed by atoms with Gasteiger partial charge in [-0.05, 0) is 37.1 Å². The summed E-state index contributed by atoms with van der Waals surface area (Å²) in [5.41, 5.74) is 1.21. The van der Waals surface area contributed by atoms with Crippen molar-refractivity contribution < 1.29 is 13.5 Å². The molecule has 0 aliphatic carbocycles. The minimum Gasteiger partial charge on any atom is -0.392 e. The lowest BCUT2D eigenvalue weighted by atomic mass is 10.2. The van der Waals surface area contributed by atoms with Crippen LogP contribution in [0.25, 0.3) is 0 Å². The highest BCUT2D eigenvalue weighted by atomic mass is 32.2. The number of hydrogen-bond donors (Lipinski definition) is 2. The zero-order valence-electron chi connectivity index (χ0n) is 12.0. The smallest absolute Gasteiger partial charge is 0.241 e. The molecule has 0 spiro atoms. The largest absolute Gasteiger partial charge is 0.392 e. The van der Waals surface area contributed by atoms with Gasteiger partial charge in [0.15, 0.2) is 0 Å². The molecule has 0 aliphatic rings. The Kier molecular flexibility index (Phi) is 4.76. The molecule has 2 aromatic rings. The highest BCUT2D eigenvalue weighted by Gasteiger charge is 2.20. The molecule has 7 heteroatoms. The van der Waals surface area contributed by atoms with Crippen LogP contribution in [0, 0.1) is 6.92 Å². The van der Waals surface area contributed by atoms with Crippen LogP contribution in [0.5, 0.6) is 0 Å². The molecular formula is C14H19N3O3S. The normalized spacial score (nSPS) is 13.3. The Morgan fingerprint density at radius 2 is 2.19 bits per heavy atom. The van der Waals surface area contributed by atoms with Gasteiger partial charge in [0, 0.05) is 18.4 Å². The van der Waals surface area contributed by atoms with E-state index >= 15 is 0 Å². The van der Waals surface area contributed by atoms with Crippen LogP contribution in [-0.4, -0.2) is 29.3 Å². The second-order valence-electron chi connectivity index (χ2n) is 5.01. The van der Waals surface area contributed by atoms with Gasteiger partial charge in [-0.15, -0.1) is 0 Å². The summed E-state index contributed by atoms with van der Waals surface area (Å²) in [6.45, 7) is 3.77. The van der Waals surface area contributed by atoms with Gasteiger partial charge in [0.1, 0.15) is 0 Å². The van der Waals surface area contributed by atoms with Crippen molar-refractivity contribution in [2.75, 3.05) is 0 Å². The van der Waals surface area contributed by atoms with Crippen LogP contribution in [0.3, 0.4) is 0 Å². The van der Waals surface area contributed by atoms with E-state index < -0.39 is 10.0 Å². The number of rotatable bonds is 6. The third kappa shape index (κ3) is 3.90. The standard InChI is InChI=1S/C14H19N3O3S/c1-11-4-5-13(10-18)8-14(11)21(19,20)16-12(2)9-17-7-3-6-15-17/h3-8,12,16,18H,9-10H2,1-2H3. The second-order valence-corrected chi connectivity index (χ2v) is 6.69. The van der Waals surface area contributed by atoms with E-state index in [4.69, 9.17) is 5.11 Å². The first-order valence-corrected chi connectivity index (χ1v) is 8.11. The van der Waals surface area contributed by atoms with Gasteiger partial charge in [0.2, 0.25) is 10.0 Å². The molecule has 0 bridgehead atoms. The first-order valence-electron chi connectivity index (χ1n) is 6.62. The summed E-state index contributed by atoms with van der Waals surface area (Å²) in [5.74, 6) is 0. The van der Waals surface area contributed by atoms with E-state index in [1.54, 1.807) is 49.1 Å². The Hall–Kier alpha value is -1.70. The molecule has 2 N–H and O–H groups in total. The molecular weight excluding hydrogens is 290 g/mol. The molecule has 0 radical (unpaired) electrons. The molecule has 1 aromatic carbocycles. The van der Waals surface area contributed by atoms with Crippen molar-refractivity contribution in [2.45, 2.75) is 37.9 Å². The zero-order valence-corrected chi connectivity index (χ0v) is 12.8. The van der Waals surface area contributed by atoms with Gasteiger partial charge in [-0.3, -0.25) is 4.68 Å². The Bertz CT molecular complexity index is 696. The van der Waals surface area contributed by atoms with Crippen molar-refractivity contribution in [2.24, 2.45) is 0 Å². The van der Waals surface area contributed by atoms with Crippen LogP contribution in [0.2, 0.25) is 0 Å². The number of aromatic nitrogens is 2. The quantitative estimate of drug-likeness (QED) is 0.835. The summed E-state index contributed by atoms with van der Waals surface area (Å²) in [5, 5.41) is 13.2. The molecule has 114 valence electrons. The number of aliphatic hydroxyl groups is 1. The first-order chi connectivity index (χ1) is 9.92. The fraction of sp³-hybridized carbons (Fsp3) is 0.357. The Morgan fingerprint density at radius 3 is 2.81 bits per heavy atom. The molecule has 1 heterocycles. The molecule has 1 atom stereocenters. The number of benzene rings is 1. The Balaban J connectivity index is 2.18. The van der Waals surface area contributed by atoms with Gasteiger partial charge in [0.05, 0.1) is 18.0 Å². The number of nitrogens with one attached hydrogen (secondary N) is 1. The van der Waals surface area contributed by atoms with E-state index in [1.165, 1.54) is 6.07 Å². The predicted octanol–water partition coefficient (Wildman–Crippen LogP) is 1.05. The molecule has 21 heavy (non-hydrogen) atoms. The third-order valence-corrected chi connectivity index (χ3v) is 4.83. The maximum absolute atomic E-state index is 12.4. The van der Waals surface area contributed by atoms with E-state index in [-0.39, 0.29) is 17.5 Å². The van der Waals surface area contributed by atoms with E-state index in [1.807, 2.05) is 0 Å². The van der Waals surface area contributed by atoms with E-state index in [0.29, 0.717) is 17.7 Å². The van der Waals surface area contributed by atoms with Gasteiger partial charge < -0.3 is 5.11 Å². The number of sulfonamides is 1. The summed E-state index contributed by atoms with van der Waals surface area (Å²) in [6, 6.07) is 6.39. The lowest BCUT2D eigenvalue weighted by molar-refractivity contribution is 0.281. The maximum Gasteiger partial charge on any atom is 0.241 e. The topological polar surface area (TPSA) is 84.2 Å². The van der Waals surface area contributed by atoms with Crippen molar-refractivity contribution in [3.8, 4) is 0 Å². The summed E-state index contributed by atoms with van der Waals surface area (Å²) < 4.78 is 29.2. The van der Waals surface area contributed by atoms with Crippen molar-refractivity contribution >= 4 is 10.0 Å². The van der Waals surface area contributed by atoms with Gasteiger partial charge >= 0.3 is 0 Å². The average Bonchev–Trinajstić information content (AvgIpc) is 2.91. The minimum absolute atomic E-state index is 0.189. The molecule has 6 nitrogen and oxygen atoms in total. The lowest BCUT2D eigenvalue weighted by Crippen LogP contribution is -2.36. The SMILES string of the molecule is Cc1ccc(CO)cc1S(=O)(=O)NC(C)Cn1cccn1. The van der Waals surface area contributed by atoms with Crippen molar-refractivity contribution in [1.82, 2.24) is 14.5 Å². The van der Waals surface area contributed by atoms with Crippen LogP contribution in [-0.2, 0) is 23.2 Å². The fourth-order valence-corrected chi connectivity index (χ4v) is 3.62. The van der Waals surface area contributed by atoms with Crippen molar-refractivity contribution in [1.29, 1.82) is 0 Å². The monoisotopic (exact) mass is 309 g/mol. The number of aliphatic hydroxyl groups excluding tert-OH is 1. The van der Waals surface area contributed by atoms with Gasteiger partial charge in [-0.1, -0.05) is 12.1 Å². The first kappa shape index (κ1) is 15.7. The Morgan fingerprint density at radius 1 is 1.43 bits per heavy atom. The highest BCUT2D eigenvalue weighted by Crippen LogP contribution is 2.17. The molecule has 0 saturated heterocycles. The highest BCUT2D eigenvalue weighted by molar-refractivity contribution is 7.89. The molecule has 0 aliphatic heterocycles. The van der Waals surface area contributed by atoms with E-state index in [9.17, 15) is 8.42 Å². The predicted molar refractivity (Wildman–Crippen MR) is 79.1 cm³/mol. The number of aryl methyl sites for hydroxylation is 1. The van der Waals surface area contributed by atoms with Crippen LogP contribution >= 0.6 is 0 Å². The van der Waals surface area contributed by atoms with E-state index in [2.05, 4.69) is 9.82 Å². The van der Waals surface area contributed by atoms with Gasteiger partial charge in [-0.2, -0.15) is 5.10 Å². The van der Waals surface area contributed by atoms with Gasteiger partial charge in [-0.25, -0.2) is 13.1 Å². The third-order valence-electron chi connectivity index (χ3n) is 3.10. The lowest BCUT2D eigenvalue weighted by Gasteiger charge is -2.16. The zero-order chi connectivity index (χ0) is 15.5. The molecule has 2 rings (SSSR count). The van der Waals surface area contributed by atoms with Crippen LogP contribution in [0.15, 0.2) is 41.6 Å². The summed E-state index contributed by atoms with van der Waals surface area (Å²) in [4.78, 5) is 0.196. The molecule has 1 aromatic heterocycles. The van der Waals surface area contributed by atoms with Crippen molar-refractivity contribution in [3.05, 3.63) is 47.8 Å². The van der Waals surface area contributed by atoms with Gasteiger partial charge in [0.25, 0.3) is 0 Å². The van der Waals surface area contributed by atoms with Crippen LogP contribution in [0.1, 0.15) is 18.1 Å². The van der Waals surface area contributed by atoms with Crippen LogP contribution in [0.4, 0.5) is 0 Å². The van der Waals surface area contributed by atoms with Crippen LogP contribution < -0.4 is 4.72 Å². The molecule has 0 saturated carbocycles. The number of hydrogen-bond acceptors (Lipinski definition) is 4. The summed E-state index contributed by atoms with van der Waals surface area (Å²) in [6.07, 6.45) is 3.43. The molecule has 1 unspecified atom stereocenters. The summed E-state index contributed by atoms with van der Waals surface area (Å²) in [7, 11) is -3.63. The molecule has 0 fully saturated rings. The van der Waals surface area contributed by atoms with Crippen molar-refractivity contribution in [3.63, 3.8) is 0 Å². The average molecular weight is 309 g/mol. The second kappa shape index (κ2) is 6.38.